The number of urea groups is 1. The van der Waals surface area contributed by atoms with Crippen LogP contribution in [0.2, 0.25) is 0 Å². The molecule has 0 spiro atoms. The standard InChI is InChI=1S/C12H19N3O2/c1-9-4-3-6-13-11(9)8-15-12(17)14-7-5-10(2)16/h3-4,6,10,16H,5,7-8H2,1-2H3,(H2,14,15,17). The van der Waals surface area contributed by atoms with Gasteiger partial charge >= 0.3 is 6.03 Å². The summed E-state index contributed by atoms with van der Waals surface area (Å²) in [6, 6.07) is 3.58. The van der Waals surface area contributed by atoms with Crippen LogP contribution < -0.4 is 10.6 Å². The molecule has 0 saturated heterocycles. The van der Waals surface area contributed by atoms with Crippen molar-refractivity contribution >= 4 is 6.03 Å². The fourth-order valence-electron chi connectivity index (χ4n) is 1.32. The van der Waals surface area contributed by atoms with E-state index in [1.54, 1.807) is 13.1 Å². The summed E-state index contributed by atoms with van der Waals surface area (Å²) in [5.41, 5.74) is 1.91. The number of aliphatic hydroxyl groups is 1. The Bertz CT molecular complexity index is 367. The van der Waals surface area contributed by atoms with Crippen molar-refractivity contribution < 1.29 is 9.90 Å². The molecule has 5 nitrogen and oxygen atoms in total. The number of aliphatic hydroxyl groups excluding tert-OH is 1. The molecule has 0 bridgehead atoms. The van der Waals surface area contributed by atoms with Gasteiger partial charge in [-0.1, -0.05) is 6.07 Å². The molecule has 1 heterocycles. The topological polar surface area (TPSA) is 74.2 Å². The molecule has 3 N–H and O–H groups in total. The van der Waals surface area contributed by atoms with Crippen LogP contribution in [0.3, 0.4) is 0 Å². The largest absolute Gasteiger partial charge is 0.393 e. The molecule has 1 unspecified atom stereocenters. The number of amides is 2. The maximum absolute atomic E-state index is 11.4. The summed E-state index contributed by atoms with van der Waals surface area (Å²) in [5.74, 6) is 0. The number of rotatable bonds is 5. The van der Waals surface area contributed by atoms with Gasteiger partial charge < -0.3 is 15.7 Å². The Morgan fingerprint density at radius 2 is 2.29 bits per heavy atom. The SMILES string of the molecule is Cc1cccnc1CNC(=O)NCCC(C)O. The van der Waals surface area contributed by atoms with Gasteiger partial charge in [0.05, 0.1) is 18.3 Å². The molecule has 0 fully saturated rings. The van der Waals surface area contributed by atoms with Gasteiger partial charge in [0, 0.05) is 12.7 Å². The van der Waals surface area contributed by atoms with Crippen LogP contribution in [0.4, 0.5) is 4.79 Å². The van der Waals surface area contributed by atoms with Crippen molar-refractivity contribution in [3.63, 3.8) is 0 Å². The zero-order valence-corrected chi connectivity index (χ0v) is 10.2. The molecule has 0 aliphatic heterocycles. The average molecular weight is 237 g/mol. The molecule has 94 valence electrons. The molecule has 1 rings (SSSR count). The molecule has 0 saturated carbocycles. The summed E-state index contributed by atoms with van der Waals surface area (Å²) in [4.78, 5) is 15.6. The Kier molecular flexibility index (Phi) is 5.42. The Hall–Kier alpha value is -1.62. The van der Waals surface area contributed by atoms with Crippen LogP contribution in [0.1, 0.15) is 24.6 Å². The minimum absolute atomic E-state index is 0.240. The highest BCUT2D eigenvalue weighted by molar-refractivity contribution is 5.73. The quantitative estimate of drug-likeness (QED) is 0.714. The second-order valence-corrected chi connectivity index (χ2v) is 4.01. The number of aromatic nitrogens is 1. The minimum Gasteiger partial charge on any atom is -0.393 e. The summed E-state index contributed by atoms with van der Waals surface area (Å²) in [7, 11) is 0. The van der Waals surface area contributed by atoms with Crippen molar-refractivity contribution in [1.82, 2.24) is 15.6 Å². The van der Waals surface area contributed by atoms with Crippen molar-refractivity contribution in [2.75, 3.05) is 6.54 Å². The van der Waals surface area contributed by atoms with Gasteiger partial charge in [-0.05, 0) is 31.9 Å². The van der Waals surface area contributed by atoms with Gasteiger partial charge in [0.15, 0.2) is 0 Å². The molecule has 1 aromatic heterocycles. The predicted molar refractivity (Wildman–Crippen MR) is 65.5 cm³/mol. The van der Waals surface area contributed by atoms with Crippen LogP contribution in [0, 0.1) is 6.92 Å². The lowest BCUT2D eigenvalue weighted by molar-refractivity contribution is 0.183. The third kappa shape index (κ3) is 5.31. The van der Waals surface area contributed by atoms with E-state index in [9.17, 15) is 4.79 Å². The molecule has 1 aromatic rings. The van der Waals surface area contributed by atoms with E-state index in [2.05, 4.69) is 15.6 Å². The summed E-state index contributed by atoms with van der Waals surface area (Å²) >= 11 is 0. The van der Waals surface area contributed by atoms with E-state index in [1.807, 2.05) is 19.1 Å². The lowest BCUT2D eigenvalue weighted by Gasteiger charge is -2.09. The van der Waals surface area contributed by atoms with Gasteiger partial charge in [0.25, 0.3) is 0 Å². The Balaban J connectivity index is 2.26. The van der Waals surface area contributed by atoms with Crippen LogP contribution in [-0.2, 0) is 6.54 Å². The molecule has 5 heteroatoms. The Labute approximate surface area is 101 Å². The fraction of sp³-hybridized carbons (Fsp3) is 0.500. The van der Waals surface area contributed by atoms with E-state index < -0.39 is 6.10 Å². The number of nitrogens with zero attached hydrogens (tertiary/aromatic N) is 1. The number of carbonyl (C=O) groups excluding carboxylic acids is 1. The second-order valence-electron chi connectivity index (χ2n) is 4.01. The number of pyridine rings is 1. The van der Waals surface area contributed by atoms with Crippen molar-refractivity contribution in [1.29, 1.82) is 0 Å². The normalized spacial score (nSPS) is 11.9. The van der Waals surface area contributed by atoms with Gasteiger partial charge in [0.2, 0.25) is 0 Å². The highest BCUT2D eigenvalue weighted by Crippen LogP contribution is 2.01. The van der Waals surface area contributed by atoms with Crippen molar-refractivity contribution in [2.45, 2.75) is 32.9 Å². The van der Waals surface area contributed by atoms with E-state index in [-0.39, 0.29) is 6.03 Å². The summed E-state index contributed by atoms with van der Waals surface area (Å²) in [6.07, 6.45) is 1.86. The monoisotopic (exact) mass is 237 g/mol. The van der Waals surface area contributed by atoms with Gasteiger partial charge in [0.1, 0.15) is 0 Å². The fourth-order valence-corrected chi connectivity index (χ4v) is 1.32. The first kappa shape index (κ1) is 13.4. The molecular weight excluding hydrogens is 218 g/mol. The Morgan fingerprint density at radius 1 is 1.53 bits per heavy atom. The van der Waals surface area contributed by atoms with Gasteiger partial charge in [-0.3, -0.25) is 4.98 Å². The third-order valence-corrected chi connectivity index (χ3v) is 2.38. The molecule has 2 amide bonds. The maximum atomic E-state index is 11.4. The van der Waals surface area contributed by atoms with Crippen LogP contribution in [0.15, 0.2) is 18.3 Å². The molecule has 0 radical (unpaired) electrons. The average Bonchev–Trinajstić information content (AvgIpc) is 2.27. The van der Waals surface area contributed by atoms with E-state index >= 15 is 0 Å². The smallest absolute Gasteiger partial charge is 0.315 e. The van der Waals surface area contributed by atoms with Crippen molar-refractivity contribution in [2.24, 2.45) is 0 Å². The zero-order valence-electron chi connectivity index (χ0n) is 10.2. The highest BCUT2D eigenvalue weighted by Gasteiger charge is 2.03. The zero-order chi connectivity index (χ0) is 12.7. The van der Waals surface area contributed by atoms with Crippen LogP contribution in [-0.4, -0.2) is 28.8 Å². The molecule has 1 atom stereocenters. The molecule has 0 aromatic carbocycles. The van der Waals surface area contributed by atoms with E-state index in [4.69, 9.17) is 5.11 Å². The summed E-state index contributed by atoms with van der Waals surface area (Å²) in [5, 5.41) is 14.4. The number of carbonyl (C=O) groups is 1. The maximum Gasteiger partial charge on any atom is 0.315 e. The molecule has 17 heavy (non-hydrogen) atoms. The van der Waals surface area contributed by atoms with E-state index in [1.165, 1.54) is 0 Å². The lowest BCUT2D eigenvalue weighted by Crippen LogP contribution is -2.36. The van der Waals surface area contributed by atoms with Crippen LogP contribution in [0.25, 0.3) is 0 Å². The van der Waals surface area contributed by atoms with E-state index in [0.717, 1.165) is 11.3 Å². The first-order chi connectivity index (χ1) is 8.09. The molecule has 0 aliphatic carbocycles. The summed E-state index contributed by atoms with van der Waals surface area (Å²) < 4.78 is 0. The molecule has 0 aliphatic rings. The van der Waals surface area contributed by atoms with Gasteiger partial charge in [-0.25, -0.2) is 4.79 Å². The van der Waals surface area contributed by atoms with Gasteiger partial charge in [-0.15, -0.1) is 0 Å². The third-order valence-electron chi connectivity index (χ3n) is 2.38. The number of hydrogen-bond acceptors (Lipinski definition) is 3. The first-order valence-electron chi connectivity index (χ1n) is 5.70. The van der Waals surface area contributed by atoms with Gasteiger partial charge in [-0.2, -0.15) is 0 Å². The van der Waals surface area contributed by atoms with E-state index in [0.29, 0.717) is 19.5 Å². The van der Waals surface area contributed by atoms with Crippen LogP contribution >= 0.6 is 0 Å². The Morgan fingerprint density at radius 3 is 2.94 bits per heavy atom. The van der Waals surface area contributed by atoms with Crippen LogP contribution in [0.5, 0.6) is 0 Å². The second kappa shape index (κ2) is 6.85. The minimum atomic E-state index is -0.395. The summed E-state index contributed by atoms with van der Waals surface area (Å²) in [6.45, 7) is 4.52. The van der Waals surface area contributed by atoms with Crippen molar-refractivity contribution in [3.05, 3.63) is 29.6 Å². The number of hydrogen-bond donors (Lipinski definition) is 3. The number of aryl methyl sites for hydroxylation is 1. The predicted octanol–water partition coefficient (Wildman–Crippen LogP) is 0.960. The first-order valence-corrected chi connectivity index (χ1v) is 5.70. The number of nitrogens with one attached hydrogen (secondary N) is 2. The lowest BCUT2D eigenvalue weighted by atomic mass is 10.2. The molecular formula is C12H19N3O2. The van der Waals surface area contributed by atoms with Crippen molar-refractivity contribution in [3.8, 4) is 0 Å². The highest BCUT2D eigenvalue weighted by atomic mass is 16.3.